The third-order valence-corrected chi connectivity index (χ3v) is 2.15. The molecule has 0 unspecified atom stereocenters. The molecule has 0 spiro atoms. The fraction of sp³-hybridized carbons (Fsp3) is 0.857. The largest absolute Gasteiger partial charge is 0.444 e. The van der Waals surface area contributed by atoms with E-state index in [0.717, 1.165) is 38.4 Å². The van der Waals surface area contributed by atoms with Gasteiger partial charge in [-0.2, -0.15) is 0 Å². The lowest BCUT2D eigenvalue weighted by molar-refractivity contribution is 0.0527. The maximum Gasteiger partial charge on any atom is 0.407 e. The van der Waals surface area contributed by atoms with Crippen LogP contribution in [0.4, 0.5) is 4.79 Å². The summed E-state index contributed by atoms with van der Waals surface area (Å²) in [6.07, 6.45) is 1.47. The molecule has 0 aromatic rings. The maximum atomic E-state index is 11.4. The first-order valence-electron chi connectivity index (χ1n) is 7.38. The molecule has 20 heavy (non-hydrogen) atoms. The molecule has 0 bridgehead atoms. The summed E-state index contributed by atoms with van der Waals surface area (Å²) in [6, 6.07) is 0. The van der Waals surface area contributed by atoms with Gasteiger partial charge in [0, 0.05) is 26.2 Å². The molecule has 0 heterocycles. The molecule has 0 aromatic carbocycles. The molecule has 0 aliphatic rings. The van der Waals surface area contributed by atoms with Gasteiger partial charge in [0.05, 0.1) is 0 Å². The van der Waals surface area contributed by atoms with Crippen LogP contribution >= 0.6 is 0 Å². The molecule has 0 radical (unpaired) electrons. The van der Waals surface area contributed by atoms with E-state index in [9.17, 15) is 4.79 Å². The minimum absolute atomic E-state index is 0.371. The van der Waals surface area contributed by atoms with Crippen LogP contribution < -0.4 is 16.0 Å². The molecule has 6 nitrogen and oxygen atoms in total. The summed E-state index contributed by atoms with van der Waals surface area (Å²) in [6.45, 7) is 12.7. The van der Waals surface area contributed by atoms with Crippen molar-refractivity contribution in [3.8, 4) is 0 Å². The summed E-state index contributed by atoms with van der Waals surface area (Å²) in [5.41, 5.74) is -0.451. The highest BCUT2D eigenvalue weighted by molar-refractivity contribution is 5.79. The Balaban J connectivity index is 3.76. The summed E-state index contributed by atoms with van der Waals surface area (Å²) in [5, 5.41) is 9.13. The smallest absolute Gasteiger partial charge is 0.407 e. The van der Waals surface area contributed by atoms with Crippen LogP contribution in [0.15, 0.2) is 4.99 Å². The van der Waals surface area contributed by atoms with Gasteiger partial charge in [-0.05, 0) is 40.5 Å². The van der Waals surface area contributed by atoms with Crippen molar-refractivity contribution in [2.24, 2.45) is 4.99 Å². The fourth-order valence-electron chi connectivity index (χ4n) is 1.37. The van der Waals surface area contributed by atoms with Crippen LogP contribution in [0.25, 0.3) is 0 Å². The minimum atomic E-state index is -0.451. The Morgan fingerprint density at radius 1 is 1.10 bits per heavy atom. The zero-order valence-corrected chi connectivity index (χ0v) is 13.5. The summed E-state index contributed by atoms with van der Waals surface area (Å²) in [4.78, 5) is 15.8. The van der Waals surface area contributed by atoms with E-state index >= 15 is 0 Å². The predicted molar refractivity (Wildman–Crippen MR) is 83.1 cm³/mol. The number of hydrogen-bond acceptors (Lipinski definition) is 3. The average molecular weight is 286 g/mol. The highest BCUT2D eigenvalue weighted by Gasteiger charge is 2.15. The number of carbonyl (C=O) groups excluding carboxylic acids is 1. The molecule has 0 rings (SSSR count). The van der Waals surface area contributed by atoms with Gasteiger partial charge in [-0.1, -0.05) is 6.92 Å². The molecule has 0 saturated carbocycles. The van der Waals surface area contributed by atoms with Crippen LogP contribution in [-0.4, -0.2) is 43.8 Å². The van der Waals surface area contributed by atoms with Gasteiger partial charge in [0.1, 0.15) is 5.60 Å². The van der Waals surface area contributed by atoms with Crippen LogP contribution in [0.3, 0.4) is 0 Å². The molecule has 0 aliphatic heterocycles. The first-order chi connectivity index (χ1) is 9.39. The normalized spacial score (nSPS) is 11.9. The van der Waals surface area contributed by atoms with E-state index in [1.165, 1.54) is 0 Å². The second-order valence-corrected chi connectivity index (χ2v) is 5.47. The van der Waals surface area contributed by atoms with E-state index in [-0.39, 0.29) is 6.09 Å². The van der Waals surface area contributed by atoms with Crippen LogP contribution in [-0.2, 0) is 4.74 Å². The molecule has 118 valence electrons. The lowest BCUT2D eigenvalue weighted by Gasteiger charge is -2.19. The molecule has 1 amide bonds. The van der Waals surface area contributed by atoms with Crippen LogP contribution in [0.1, 0.15) is 47.5 Å². The highest BCUT2D eigenvalue weighted by atomic mass is 16.6. The SMILES string of the molecule is CCCN=C(NCC)NCCCNC(=O)OC(C)(C)C. The van der Waals surface area contributed by atoms with E-state index in [0.29, 0.717) is 6.54 Å². The average Bonchev–Trinajstić information content (AvgIpc) is 2.33. The van der Waals surface area contributed by atoms with Crippen molar-refractivity contribution in [3.05, 3.63) is 0 Å². The van der Waals surface area contributed by atoms with E-state index in [1.807, 2.05) is 27.7 Å². The Bertz CT molecular complexity index is 298. The lowest BCUT2D eigenvalue weighted by atomic mass is 10.2. The number of amides is 1. The Morgan fingerprint density at radius 3 is 2.30 bits per heavy atom. The molecular formula is C14H30N4O2. The minimum Gasteiger partial charge on any atom is -0.444 e. The van der Waals surface area contributed by atoms with Gasteiger partial charge in [0.2, 0.25) is 0 Å². The quantitative estimate of drug-likeness (QED) is 0.379. The third-order valence-electron chi connectivity index (χ3n) is 2.15. The number of alkyl carbamates (subject to hydrolysis) is 1. The van der Waals surface area contributed by atoms with Crippen molar-refractivity contribution < 1.29 is 9.53 Å². The Labute approximate surface area is 122 Å². The van der Waals surface area contributed by atoms with Gasteiger partial charge >= 0.3 is 6.09 Å². The number of carbonyl (C=O) groups is 1. The second-order valence-electron chi connectivity index (χ2n) is 5.47. The predicted octanol–water partition coefficient (Wildman–Crippen LogP) is 1.87. The Hall–Kier alpha value is -1.46. The van der Waals surface area contributed by atoms with Crippen molar-refractivity contribution in [1.29, 1.82) is 0 Å². The van der Waals surface area contributed by atoms with Gasteiger partial charge in [0.15, 0.2) is 5.96 Å². The monoisotopic (exact) mass is 286 g/mol. The zero-order chi connectivity index (χ0) is 15.4. The number of hydrogen-bond donors (Lipinski definition) is 3. The number of nitrogens with one attached hydrogen (secondary N) is 3. The van der Waals surface area contributed by atoms with Crippen molar-refractivity contribution in [1.82, 2.24) is 16.0 Å². The topological polar surface area (TPSA) is 74.8 Å². The van der Waals surface area contributed by atoms with Crippen molar-refractivity contribution in [3.63, 3.8) is 0 Å². The van der Waals surface area contributed by atoms with E-state index < -0.39 is 5.60 Å². The molecule has 3 N–H and O–H groups in total. The van der Waals surface area contributed by atoms with Crippen molar-refractivity contribution in [2.45, 2.75) is 53.1 Å². The van der Waals surface area contributed by atoms with E-state index in [1.54, 1.807) is 0 Å². The maximum absolute atomic E-state index is 11.4. The first kappa shape index (κ1) is 18.5. The summed E-state index contributed by atoms with van der Waals surface area (Å²) < 4.78 is 5.15. The van der Waals surface area contributed by atoms with Gasteiger partial charge in [-0.3, -0.25) is 4.99 Å². The van der Waals surface area contributed by atoms with E-state index in [4.69, 9.17) is 4.74 Å². The van der Waals surface area contributed by atoms with Gasteiger partial charge < -0.3 is 20.7 Å². The number of aliphatic imine (C=N–C) groups is 1. The van der Waals surface area contributed by atoms with Crippen LogP contribution in [0, 0.1) is 0 Å². The lowest BCUT2D eigenvalue weighted by Crippen LogP contribution is -2.39. The number of ether oxygens (including phenoxy) is 1. The summed E-state index contributed by atoms with van der Waals surface area (Å²) >= 11 is 0. The summed E-state index contributed by atoms with van der Waals surface area (Å²) in [5.74, 6) is 0.826. The zero-order valence-electron chi connectivity index (χ0n) is 13.5. The number of nitrogens with zero attached hydrogens (tertiary/aromatic N) is 1. The second kappa shape index (κ2) is 10.3. The highest BCUT2D eigenvalue weighted by Crippen LogP contribution is 2.06. The molecule has 0 saturated heterocycles. The fourth-order valence-corrected chi connectivity index (χ4v) is 1.37. The van der Waals surface area contributed by atoms with Crippen molar-refractivity contribution in [2.75, 3.05) is 26.2 Å². The van der Waals surface area contributed by atoms with Gasteiger partial charge in [-0.15, -0.1) is 0 Å². The molecule has 0 aromatic heterocycles. The Kier molecular flexibility index (Phi) is 9.59. The third kappa shape index (κ3) is 11.6. The first-order valence-corrected chi connectivity index (χ1v) is 7.38. The molecule has 0 atom stereocenters. The molecule has 6 heteroatoms. The van der Waals surface area contributed by atoms with Gasteiger partial charge in [0.25, 0.3) is 0 Å². The molecule has 0 fully saturated rings. The van der Waals surface area contributed by atoms with Gasteiger partial charge in [-0.25, -0.2) is 4.79 Å². The number of guanidine groups is 1. The van der Waals surface area contributed by atoms with E-state index in [2.05, 4.69) is 27.9 Å². The van der Waals surface area contributed by atoms with Crippen molar-refractivity contribution >= 4 is 12.1 Å². The molecular weight excluding hydrogens is 256 g/mol. The van der Waals surface area contributed by atoms with Crippen LogP contribution in [0.2, 0.25) is 0 Å². The van der Waals surface area contributed by atoms with Crippen LogP contribution in [0.5, 0.6) is 0 Å². The number of rotatable bonds is 7. The Morgan fingerprint density at radius 2 is 1.75 bits per heavy atom. The standard InChI is InChI=1S/C14H30N4O2/c1-6-9-16-12(15-7-2)17-10-8-11-18-13(19)20-14(3,4)5/h6-11H2,1-5H3,(H,18,19)(H2,15,16,17). The summed E-state index contributed by atoms with van der Waals surface area (Å²) in [7, 11) is 0. The molecule has 0 aliphatic carbocycles.